The molecule has 142 valence electrons. The number of furan rings is 2. The summed E-state index contributed by atoms with van der Waals surface area (Å²) in [6.45, 7) is 1.78. The number of nitrogens with zero attached hydrogens (tertiary/aromatic N) is 3. The smallest absolute Gasteiger partial charge is 0.230 e. The number of ether oxygens (including phenoxy) is 1. The molecule has 1 aliphatic rings. The van der Waals surface area contributed by atoms with E-state index < -0.39 is 0 Å². The van der Waals surface area contributed by atoms with Gasteiger partial charge in [0.1, 0.15) is 5.76 Å². The van der Waals surface area contributed by atoms with Crippen LogP contribution in [0, 0.1) is 0 Å². The second kappa shape index (κ2) is 8.45. The number of nitrogens with one attached hydrogen (secondary N) is 1. The van der Waals surface area contributed by atoms with Crippen LogP contribution in [0.1, 0.15) is 18.6 Å². The van der Waals surface area contributed by atoms with E-state index in [1.807, 2.05) is 22.8 Å². The van der Waals surface area contributed by atoms with Crippen LogP contribution < -0.4 is 5.32 Å². The maximum Gasteiger partial charge on any atom is 0.230 e. The van der Waals surface area contributed by atoms with Crippen molar-refractivity contribution in [3.63, 3.8) is 0 Å². The van der Waals surface area contributed by atoms with E-state index in [1.54, 1.807) is 18.6 Å². The summed E-state index contributed by atoms with van der Waals surface area (Å²) in [5.41, 5.74) is 0. The summed E-state index contributed by atoms with van der Waals surface area (Å²) in [6, 6.07) is 7.27. The zero-order valence-corrected chi connectivity index (χ0v) is 15.5. The summed E-state index contributed by atoms with van der Waals surface area (Å²) in [5, 5.41) is 12.0. The maximum absolute atomic E-state index is 12.1. The third-order valence-electron chi connectivity index (χ3n) is 4.24. The molecule has 9 heteroatoms. The van der Waals surface area contributed by atoms with Crippen molar-refractivity contribution < 1.29 is 18.4 Å². The molecule has 1 amide bonds. The van der Waals surface area contributed by atoms with Crippen LogP contribution in [0.25, 0.3) is 11.6 Å². The predicted molar refractivity (Wildman–Crippen MR) is 98.0 cm³/mol. The summed E-state index contributed by atoms with van der Waals surface area (Å²) in [5.74, 6) is 2.16. The number of hydrogen-bond acceptors (Lipinski definition) is 7. The summed E-state index contributed by atoms with van der Waals surface area (Å²) < 4.78 is 18.4. The van der Waals surface area contributed by atoms with Gasteiger partial charge in [0.05, 0.1) is 37.5 Å². The van der Waals surface area contributed by atoms with Gasteiger partial charge in [-0.15, -0.1) is 10.2 Å². The van der Waals surface area contributed by atoms with E-state index in [9.17, 15) is 4.79 Å². The lowest BCUT2D eigenvalue weighted by atomic mass is 10.2. The van der Waals surface area contributed by atoms with Gasteiger partial charge in [-0.25, -0.2) is 0 Å². The summed E-state index contributed by atoms with van der Waals surface area (Å²) in [6.07, 6.45) is 5.38. The first kappa shape index (κ1) is 17.9. The lowest BCUT2D eigenvalue weighted by Gasteiger charge is -2.13. The van der Waals surface area contributed by atoms with Crippen LogP contribution in [0.3, 0.4) is 0 Å². The lowest BCUT2D eigenvalue weighted by molar-refractivity contribution is -0.118. The highest BCUT2D eigenvalue weighted by atomic mass is 32.2. The molecule has 8 nitrogen and oxygen atoms in total. The van der Waals surface area contributed by atoms with E-state index in [0.29, 0.717) is 29.8 Å². The van der Waals surface area contributed by atoms with E-state index in [4.69, 9.17) is 13.6 Å². The van der Waals surface area contributed by atoms with E-state index in [2.05, 4.69) is 15.5 Å². The molecule has 0 spiro atoms. The van der Waals surface area contributed by atoms with Crippen molar-refractivity contribution in [1.82, 2.24) is 20.1 Å². The van der Waals surface area contributed by atoms with Crippen LogP contribution in [-0.2, 0) is 22.6 Å². The van der Waals surface area contributed by atoms with Gasteiger partial charge < -0.3 is 18.9 Å². The van der Waals surface area contributed by atoms with Crippen molar-refractivity contribution in [2.75, 3.05) is 12.4 Å². The molecule has 4 rings (SSSR count). The minimum Gasteiger partial charge on any atom is -0.467 e. The number of carbonyl (C=O) groups excluding carboxylic acids is 1. The fraction of sp³-hybridized carbons (Fsp3) is 0.389. The molecule has 1 fully saturated rings. The van der Waals surface area contributed by atoms with Crippen molar-refractivity contribution >= 4 is 17.7 Å². The van der Waals surface area contributed by atoms with Crippen LogP contribution in [0.5, 0.6) is 0 Å². The van der Waals surface area contributed by atoms with Crippen LogP contribution >= 0.6 is 11.8 Å². The highest BCUT2D eigenvalue weighted by molar-refractivity contribution is 7.99. The van der Waals surface area contributed by atoms with Gasteiger partial charge in [0, 0.05) is 6.61 Å². The Morgan fingerprint density at radius 2 is 2.15 bits per heavy atom. The number of hydrogen-bond donors (Lipinski definition) is 1. The van der Waals surface area contributed by atoms with E-state index in [1.165, 1.54) is 11.8 Å². The second-order valence-electron chi connectivity index (χ2n) is 6.17. The SMILES string of the molecule is O=C(CSc1nnc(-c2ccco2)n1C[C@@H]1CCCO1)NCc1ccco1. The average molecular weight is 388 g/mol. The Hall–Kier alpha value is -2.52. The summed E-state index contributed by atoms with van der Waals surface area (Å²) >= 11 is 1.34. The zero-order chi connectivity index (χ0) is 18.5. The summed E-state index contributed by atoms with van der Waals surface area (Å²) in [7, 11) is 0. The lowest BCUT2D eigenvalue weighted by Crippen LogP contribution is -2.24. The Labute approximate surface area is 160 Å². The minimum absolute atomic E-state index is 0.0948. The minimum atomic E-state index is -0.0948. The fourth-order valence-electron chi connectivity index (χ4n) is 2.92. The van der Waals surface area contributed by atoms with Crippen molar-refractivity contribution in [3.8, 4) is 11.6 Å². The van der Waals surface area contributed by atoms with Crippen LogP contribution in [0.2, 0.25) is 0 Å². The predicted octanol–water partition coefficient (Wildman–Crippen LogP) is 2.72. The molecule has 3 aromatic rings. The molecule has 1 aliphatic heterocycles. The third-order valence-corrected chi connectivity index (χ3v) is 5.21. The van der Waals surface area contributed by atoms with Crippen molar-refractivity contribution in [3.05, 3.63) is 42.6 Å². The molecule has 27 heavy (non-hydrogen) atoms. The molecule has 0 unspecified atom stereocenters. The topological polar surface area (TPSA) is 95.3 Å². The third kappa shape index (κ3) is 4.42. The molecule has 0 bridgehead atoms. The Kier molecular flexibility index (Phi) is 5.59. The largest absolute Gasteiger partial charge is 0.467 e. The molecule has 0 radical (unpaired) electrons. The van der Waals surface area contributed by atoms with Gasteiger partial charge in [-0.1, -0.05) is 11.8 Å². The van der Waals surface area contributed by atoms with Gasteiger partial charge in [0.25, 0.3) is 0 Å². The van der Waals surface area contributed by atoms with Crippen molar-refractivity contribution in [2.24, 2.45) is 0 Å². The van der Waals surface area contributed by atoms with Gasteiger partial charge in [-0.05, 0) is 37.1 Å². The molecular weight excluding hydrogens is 368 g/mol. The molecule has 1 N–H and O–H groups in total. The second-order valence-corrected chi connectivity index (χ2v) is 7.12. The first-order valence-corrected chi connectivity index (χ1v) is 9.79. The average Bonchev–Trinajstić information content (AvgIpc) is 3.47. The highest BCUT2D eigenvalue weighted by Crippen LogP contribution is 2.26. The standard InChI is InChI=1S/C18H20N4O4S/c23-16(19-10-13-4-1-7-24-13)12-27-18-21-20-17(15-6-3-9-26-15)22(18)11-14-5-2-8-25-14/h1,3-4,6-7,9,14H,2,5,8,10-12H2,(H,19,23)/t14-/m0/s1. The molecule has 4 heterocycles. The first-order valence-electron chi connectivity index (χ1n) is 8.80. The van der Waals surface area contributed by atoms with Gasteiger partial charge in [-0.2, -0.15) is 0 Å². The quantitative estimate of drug-likeness (QED) is 0.593. The number of carbonyl (C=O) groups is 1. The van der Waals surface area contributed by atoms with E-state index in [-0.39, 0.29) is 17.8 Å². The Bertz CT molecular complexity index is 854. The van der Waals surface area contributed by atoms with Crippen LogP contribution in [0.15, 0.2) is 50.8 Å². The molecule has 1 atom stereocenters. The fourth-order valence-corrected chi connectivity index (χ4v) is 3.70. The Morgan fingerprint density at radius 1 is 1.26 bits per heavy atom. The van der Waals surface area contributed by atoms with Crippen molar-refractivity contribution in [2.45, 2.75) is 37.2 Å². The number of rotatable bonds is 8. The van der Waals surface area contributed by atoms with Crippen molar-refractivity contribution in [1.29, 1.82) is 0 Å². The van der Waals surface area contributed by atoms with Crippen LogP contribution in [0.4, 0.5) is 0 Å². The molecule has 0 saturated carbocycles. The number of amides is 1. The Balaban J connectivity index is 1.42. The maximum atomic E-state index is 12.1. The molecular formula is C18H20N4O4S. The van der Waals surface area contributed by atoms with Gasteiger partial charge in [0.15, 0.2) is 10.9 Å². The van der Waals surface area contributed by atoms with Gasteiger partial charge in [0.2, 0.25) is 11.7 Å². The van der Waals surface area contributed by atoms with E-state index >= 15 is 0 Å². The molecule has 0 aromatic carbocycles. The zero-order valence-electron chi connectivity index (χ0n) is 14.7. The highest BCUT2D eigenvalue weighted by Gasteiger charge is 2.23. The van der Waals surface area contributed by atoms with Gasteiger partial charge in [-0.3, -0.25) is 9.36 Å². The Morgan fingerprint density at radius 3 is 2.89 bits per heavy atom. The number of aromatic nitrogens is 3. The normalized spacial score (nSPS) is 16.7. The summed E-state index contributed by atoms with van der Waals surface area (Å²) in [4.78, 5) is 12.1. The van der Waals surface area contributed by atoms with E-state index in [0.717, 1.165) is 25.2 Å². The molecule has 1 saturated heterocycles. The molecule has 3 aromatic heterocycles. The monoisotopic (exact) mass is 388 g/mol. The van der Waals surface area contributed by atoms with Gasteiger partial charge >= 0.3 is 0 Å². The van der Waals surface area contributed by atoms with Crippen LogP contribution in [-0.4, -0.2) is 39.1 Å². The first-order chi connectivity index (χ1) is 13.3. The number of thioether (sulfide) groups is 1. The molecule has 0 aliphatic carbocycles.